The highest BCUT2D eigenvalue weighted by atomic mass is 35.5. The molecule has 0 aliphatic carbocycles. The van der Waals surface area contributed by atoms with Crippen LogP contribution in [0.25, 0.3) is 0 Å². The molecule has 2 rings (SSSR count). The molecule has 0 atom stereocenters. The van der Waals surface area contributed by atoms with Crippen molar-refractivity contribution in [2.75, 3.05) is 20.1 Å². The lowest BCUT2D eigenvalue weighted by Crippen LogP contribution is -2.26. The minimum atomic E-state index is -0.115. The quantitative estimate of drug-likeness (QED) is 0.743. The average molecular weight is 359 g/mol. The first kappa shape index (κ1) is 21.1. The second-order valence-corrected chi connectivity index (χ2v) is 4.39. The first-order valence-corrected chi connectivity index (χ1v) is 6.76. The van der Waals surface area contributed by atoms with Crippen molar-refractivity contribution in [3.63, 3.8) is 0 Å². The monoisotopic (exact) mass is 358 g/mol. The number of aromatic nitrogens is 2. The van der Waals surface area contributed by atoms with Crippen LogP contribution in [0, 0.1) is 0 Å². The van der Waals surface area contributed by atoms with Crippen LogP contribution in [-0.4, -0.2) is 36.0 Å². The third kappa shape index (κ3) is 7.27. The molecule has 1 heterocycles. The van der Waals surface area contributed by atoms with Crippen LogP contribution >= 0.6 is 24.8 Å². The number of carbonyl (C=O) groups is 1. The lowest BCUT2D eigenvalue weighted by molar-refractivity contribution is 0.0953. The van der Waals surface area contributed by atoms with Gasteiger partial charge in [-0.25, -0.2) is 4.98 Å². The first-order valence-electron chi connectivity index (χ1n) is 6.76. The van der Waals surface area contributed by atoms with Crippen molar-refractivity contribution in [2.45, 2.75) is 6.42 Å². The average Bonchev–Trinajstić information content (AvgIpc) is 2.53. The number of benzene rings is 1. The van der Waals surface area contributed by atoms with Crippen LogP contribution in [0.4, 0.5) is 0 Å². The first-order chi connectivity index (χ1) is 10.3. The molecule has 0 spiro atoms. The van der Waals surface area contributed by atoms with Gasteiger partial charge in [-0.2, -0.15) is 0 Å². The molecule has 8 heteroatoms. The van der Waals surface area contributed by atoms with Crippen LogP contribution in [-0.2, 0) is 0 Å². The Morgan fingerprint density at radius 1 is 1.22 bits per heavy atom. The zero-order valence-corrected chi connectivity index (χ0v) is 14.3. The van der Waals surface area contributed by atoms with Crippen molar-refractivity contribution in [1.29, 1.82) is 0 Å². The molecule has 0 bridgehead atoms. The van der Waals surface area contributed by atoms with Crippen LogP contribution in [0.15, 0.2) is 42.9 Å². The summed E-state index contributed by atoms with van der Waals surface area (Å²) in [5.41, 5.74) is 0.556. The third-order valence-corrected chi connectivity index (χ3v) is 2.75. The van der Waals surface area contributed by atoms with Crippen molar-refractivity contribution >= 4 is 30.7 Å². The van der Waals surface area contributed by atoms with E-state index in [1.54, 1.807) is 36.7 Å². The van der Waals surface area contributed by atoms with Gasteiger partial charge < -0.3 is 15.4 Å². The molecule has 0 aliphatic heterocycles. The standard InChI is InChI=1S/C15H18N4O2.2ClH/c1-16-6-3-7-19-15(20)12-4-2-5-13(10-12)21-14-11-17-8-9-18-14;;/h2,4-5,8-11,16H,3,6-7H2,1H3,(H,19,20);2*1H. The van der Waals surface area contributed by atoms with E-state index in [0.29, 0.717) is 23.7 Å². The Labute approximate surface area is 147 Å². The van der Waals surface area contributed by atoms with E-state index >= 15 is 0 Å². The van der Waals surface area contributed by atoms with Gasteiger partial charge in [-0.15, -0.1) is 24.8 Å². The fraction of sp³-hybridized carbons (Fsp3) is 0.267. The van der Waals surface area contributed by atoms with Crippen molar-refractivity contribution < 1.29 is 9.53 Å². The molecule has 1 aromatic heterocycles. The van der Waals surface area contributed by atoms with Crippen LogP contribution in [0.5, 0.6) is 11.6 Å². The molecule has 0 unspecified atom stereocenters. The normalized spacial score (nSPS) is 9.26. The lowest BCUT2D eigenvalue weighted by Gasteiger charge is -2.07. The van der Waals surface area contributed by atoms with Gasteiger partial charge >= 0.3 is 0 Å². The van der Waals surface area contributed by atoms with E-state index in [1.807, 2.05) is 7.05 Å². The molecule has 0 saturated heterocycles. The summed E-state index contributed by atoms with van der Waals surface area (Å²) in [7, 11) is 1.88. The van der Waals surface area contributed by atoms with Crippen molar-refractivity contribution in [2.24, 2.45) is 0 Å². The molecule has 1 amide bonds. The highest BCUT2D eigenvalue weighted by Gasteiger charge is 2.07. The van der Waals surface area contributed by atoms with Crippen LogP contribution in [0.1, 0.15) is 16.8 Å². The van der Waals surface area contributed by atoms with Gasteiger partial charge in [0.15, 0.2) is 0 Å². The second-order valence-electron chi connectivity index (χ2n) is 4.39. The number of hydrogen-bond acceptors (Lipinski definition) is 5. The number of carbonyl (C=O) groups excluding carboxylic acids is 1. The second kappa shape index (κ2) is 11.6. The molecular weight excluding hydrogens is 339 g/mol. The van der Waals surface area contributed by atoms with Gasteiger partial charge in [0.1, 0.15) is 5.75 Å². The summed E-state index contributed by atoms with van der Waals surface area (Å²) in [5.74, 6) is 0.832. The molecule has 6 nitrogen and oxygen atoms in total. The van der Waals surface area contributed by atoms with Crippen molar-refractivity contribution in [1.82, 2.24) is 20.6 Å². The number of nitrogens with zero attached hydrogens (tertiary/aromatic N) is 2. The van der Waals surface area contributed by atoms with E-state index < -0.39 is 0 Å². The summed E-state index contributed by atoms with van der Waals surface area (Å²) in [4.78, 5) is 19.9. The summed E-state index contributed by atoms with van der Waals surface area (Å²) < 4.78 is 5.55. The van der Waals surface area contributed by atoms with Gasteiger partial charge in [0, 0.05) is 24.5 Å². The number of hydrogen-bond donors (Lipinski definition) is 2. The highest BCUT2D eigenvalue weighted by molar-refractivity contribution is 5.94. The van der Waals surface area contributed by atoms with Crippen LogP contribution in [0.3, 0.4) is 0 Å². The summed E-state index contributed by atoms with van der Waals surface area (Å²) in [6.07, 6.45) is 5.53. The number of nitrogens with one attached hydrogen (secondary N) is 2. The largest absolute Gasteiger partial charge is 0.437 e. The Morgan fingerprint density at radius 2 is 2.04 bits per heavy atom. The summed E-state index contributed by atoms with van der Waals surface area (Å²) in [6, 6.07) is 6.97. The molecular formula is C15H20Cl2N4O2. The van der Waals surface area contributed by atoms with E-state index in [4.69, 9.17) is 4.74 Å². The van der Waals surface area contributed by atoms with Gasteiger partial charge in [0.2, 0.25) is 5.88 Å². The third-order valence-electron chi connectivity index (χ3n) is 2.75. The zero-order chi connectivity index (χ0) is 14.9. The molecule has 2 aromatic rings. The smallest absolute Gasteiger partial charge is 0.251 e. The fourth-order valence-electron chi connectivity index (χ4n) is 1.73. The Morgan fingerprint density at radius 3 is 2.74 bits per heavy atom. The Hall–Kier alpha value is -1.89. The minimum absolute atomic E-state index is 0. The minimum Gasteiger partial charge on any atom is -0.437 e. The van der Waals surface area contributed by atoms with E-state index in [-0.39, 0.29) is 30.7 Å². The number of amides is 1. The van der Waals surface area contributed by atoms with Crippen molar-refractivity contribution in [3.05, 3.63) is 48.4 Å². The maximum absolute atomic E-state index is 12.0. The maximum Gasteiger partial charge on any atom is 0.251 e. The maximum atomic E-state index is 12.0. The van der Waals surface area contributed by atoms with Gasteiger partial charge in [-0.05, 0) is 38.2 Å². The molecule has 23 heavy (non-hydrogen) atoms. The van der Waals surface area contributed by atoms with Crippen molar-refractivity contribution in [3.8, 4) is 11.6 Å². The molecule has 0 saturated carbocycles. The molecule has 0 radical (unpaired) electrons. The lowest BCUT2D eigenvalue weighted by atomic mass is 10.2. The van der Waals surface area contributed by atoms with Crippen LogP contribution in [0.2, 0.25) is 0 Å². The molecule has 0 aliphatic rings. The predicted octanol–water partition coefficient (Wildman–Crippen LogP) is 2.45. The molecule has 0 fully saturated rings. The number of ether oxygens (including phenoxy) is 1. The Balaban J connectivity index is 0.00000242. The molecule has 1 aromatic carbocycles. The van der Waals surface area contributed by atoms with E-state index in [2.05, 4.69) is 20.6 Å². The molecule has 2 N–H and O–H groups in total. The Bertz CT molecular complexity index is 585. The SMILES string of the molecule is CNCCCNC(=O)c1cccc(Oc2cnccn2)c1.Cl.Cl. The zero-order valence-electron chi connectivity index (χ0n) is 12.7. The van der Waals surface area contributed by atoms with Gasteiger partial charge in [-0.3, -0.25) is 9.78 Å². The van der Waals surface area contributed by atoms with E-state index in [0.717, 1.165) is 13.0 Å². The summed E-state index contributed by atoms with van der Waals surface area (Å²) in [5, 5.41) is 5.90. The van der Waals surface area contributed by atoms with Gasteiger partial charge in [0.25, 0.3) is 5.91 Å². The summed E-state index contributed by atoms with van der Waals surface area (Å²) >= 11 is 0. The van der Waals surface area contributed by atoms with E-state index in [9.17, 15) is 4.79 Å². The highest BCUT2D eigenvalue weighted by Crippen LogP contribution is 2.19. The van der Waals surface area contributed by atoms with Crippen LogP contribution < -0.4 is 15.4 Å². The van der Waals surface area contributed by atoms with E-state index in [1.165, 1.54) is 6.20 Å². The topological polar surface area (TPSA) is 76.1 Å². The predicted molar refractivity (Wildman–Crippen MR) is 93.9 cm³/mol. The number of halogens is 2. The fourth-order valence-corrected chi connectivity index (χ4v) is 1.73. The Kier molecular flexibility index (Phi) is 10.7. The van der Waals surface area contributed by atoms with Gasteiger partial charge in [-0.1, -0.05) is 6.07 Å². The summed E-state index contributed by atoms with van der Waals surface area (Å²) in [6.45, 7) is 1.50. The molecule has 126 valence electrons. The van der Waals surface area contributed by atoms with Gasteiger partial charge in [0.05, 0.1) is 6.20 Å². The number of rotatable bonds is 7.